The van der Waals surface area contributed by atoms with Gasteiger partial charge in [0, 0.05) is 31.0 Å². The number of H-pyrrole nitrogens is 1. The van der Waals surface area contributed by atoms with E-state index in [1.807, 2.05) is 0 Å². The Morgan fingerprint density at radius 3 is 2.59 bits per heavy atom. The molecule has 0 atom stereocenters. The molecule has 0 radical (unpaired) electrons. The van der Waals surface area contributed by atoms with Crippen LogP contribution < -0.4 is 10.9 Å². The third kappa shape index (κ3) is 4.19. The predicted octanol–water partition coefficient (Wildman–Crippen LogP) is 2.46. The van der Waals surface area contributed by atoms with Gasteiger partial charge in [0.2, 0.25) is 0 Å². The summed E-state index contributed by atoms with van der Waals surface area (Å²) in [6.07, 6.45) is 0.697. The molecular formula is C16H17ClN2O3. The molecule has 0 aliphatic carbocycles. The summed E-state index contributed by atoms with van der Waals surface area (Å²) in [5.74, 6) is -0.389. The van der Waals surface area contributed by atoms with Gasteiger partial charge in [-0.3, -0.25) is 9.59 Å². The number of ether oxygens (including phenoxy) is 1. The molecule has 1 heterocycles. The average molecular weight is 321 g/mol. The SMILES string of the molecule is COCCCNC(=O)c1ccc(-c2ccc(Cl)cc2)[nH]c1=O. The zero-order valence-electron chi connectivity index (χ0n) is 12.2. The first kappa shape index (κ1) is 16.3. The van der Waals surface area contributed by atoms with Gasteiger partial charge >= 0.3 is 0 Å². The lowest BCUT2D eigenvalue weighted by atomic mass is 10.1. The second-order valence-electron chi connectivity index (χ2n) is 4.72. The van der Waals surface area contributed by atoms with Gasteiger partial charge in [0.1, 0.15) is 5.56 Å². The summed E-state index contributed by atoms with van der Waals surface area (Å²) in [6, 6.07) is 10.3. The van der Waals surface area contributed by atoms with Crippen LogP contribution in [0.5, 0.6) is 0 Å². The molecule has 1 aromatic carbocycles. The molecule has 116 valence electrons. The zero-order valence-corrected chi connectivity index (χ0v) is 12.9. The maximum absolute atomic E-state index is 12.0. The van der Waals surface area contributed by atoms with Crippen LogP contribution in [0.3, 0.4) is 0 Å². The summed E-state index contributed by atoms with van der Waals surface area (Å²) in [5.41, 5.74) is 1.14. The van der Waals surface area contributed by atoms with Gasteiger partial charge in [-0.2, -0.15) is 0 Å². The average Bonchev–Trinajstić information content (AvgIpc) is 2.52. The maximum atomic E-state index is 12.0. The van der Waals surface area contributed by atoms with Crippen LogP contribution in [0.4, 0.5) is 0 Å². The standard InChI is InChI=1S/C16H17ClN2O3/c1-22-10-2-9-18-15(20)13-7-8-14(19-16(13)21)11-3-5-12(17)6-4-11/h3-8H,2,9-10H2,1H3,(H,18,20)(H,19,21). The molecule has 2 N–H and O–H groups in total. The largest absolute Gasteiger partial charge is 0.385 e. The van der Waals surface area contributed by atoms with E-state index in [2.05, 4.69) is 10.3 Å². The van der Waals surface area contributed by atoms with Crippen molar-refractivity contribution in [3.8, 4) is 11.3 Å². The van der Waals surface area contributed by atoms with E-state index in [9.17, 15) is 9.59 Å². The lowest BCUT2D eigenvalue weighted by molar-refractivity contribution is 0.0947. The van der Waals surface area contributed by atoms with E-state index in [4.69, 9.17) is 16.3 Å². The van der Waals surface area contributed by atoms with Crippen molar-refractivity contribution >= 4 is 17.5 Å². The summed E-state index contributed by atoms with van der Waals surface area (Å²) in [5, 5.41) is 3.31. The minimum Gasteiger partial charge on any atom is -0.385 e. The van der Waals surface area contributed by atoms with Crippen molar-refractivity contribution in [2.75, 3.05) is 20.3 Å². The number of aromatic amines is 1. The van der Waals surface area contributed by atoms with Gasteiger partial charge in [-0.25, -0.2) is 0 Å². The van der Waals surface area contributed by atoms with Gasteiger partial charge in [-0.15, -0.1) is 0 Å². The molecule has 6 heteroatoms. The Morgan fingerprint density at radius 1 is 1.23 bits per heavy atom. The Balaban J connectivity index is 2.11. The number of hydrogen-bond donors (Lipinski definition) is 2. The van der Waals surface area contributed by atoms with Crippen molar-refractivity contribution in [2.45, 2.75) is 6.42 Å². The topological polar surface area (TPSA) is 71.2 Å². The number of methoxy groups -OCH3 is 1. The van der Waals surface area contributed by atoms with Crippen molar-refractivity contribution in [1.29, 1.82) is 0 Å². The molecule has 1 aromatic heterocycles. The number of halogens is 1. The van der Waals surface area contributed by atoms with Crippen LogP contribution in [0.2, 0.25) is 5.02 Å². The van der Waals surface area contributed by atoms with E-state index in [1.165, 1.54) is 6.07 Å². The van der Waals surface area contributed by atoms with E-state index in [0.717, 1.165) is 5.56 Å². The van der Waals surface area contributed by atoms with Crippen molar-refractivity contribution in [3.05, 3.63) is 57.3 Å². The first-order chi connectivity index (χ1) is 10.6. The number of benzene rings is 1. The van der Waals surface area contributed by atoms with Gasteiger partial charge in [0.25, 0.3) is 11.5 Å². The number of aromatic nitrogens is 1. The molecule has 1 amide bonds. The van der Waals surface area contributed by atoms with Gasteiger partial charge in [-0.1, -0.05) is 23.7 Å². The normalized spacial score (nSPS) is 10.5. The molecular weight excluding hydrogens is 304 g/mol. The lowest BCUT2D eigenvalue weighted by Crippen LogP contribution is -2.30. The predicted molar refractivity (Wildman–Crippen MR) is 86.3 cm³/mol. The number of nitrogens with one attached hydrogen (secondary N) is 2. The highest BCUT2D eigenvalue weighted by molar-refractivity contribution is 6.30. The minimum atomic E-state index is -0.420. The number of carbonyl (C=O) groups excluding carboxylic acids is 1. The van der Waals surface area contributed by atoms with E-state index in [1.54, 1.807) is 37.4 Å². The fourth-order valence-corrected chi connectivity index (χ4v) is 2.09. The van der Waals surface area contributed by atoms with Gasteiger partial charge < -0.3 is 15.0 Å². The fraction of sp³-hybridized carbons (Fsp3) is 0.250. The Hall–Kier alpha value is -2.11. The zero-order chi connectivity index (χ0) is 15.9. The maximum Gasteiger partial charge on any atom is 0.261 e. The van der Waals surface area contributed by atoms with E-state index in [0.29, 0.717) is 30.3 Å². The summed E-state index contributed by atoms with van der Waals surface area (Å²) in [7, 11) is 1.60. The smallest absolute Gasteiger partial charge is 0.261 e. The van der Waals surface area contributed by atoms with Crippen molar-refractivity contribution in [3.63, 3.8) is 0 Å². The van der Waals surface area contributed by atoms with Crippen LogP contribution in [0.15, 0.2) is 41.2 Å². The van der Waals surface area contributed by atoms with E-state index in [-0.39, 0.29) is 11.5 Å². The highest BCUT2D eigenvalue weighted by Crippen LogP contribution is 2.18. The summed E-state index contributed by atoms with van der Waals surface area (Å²) in [4.78, 5) is 26.7. The van der Waals surface area contributed by atoms with E-state index < -0.39 is 5.56 Å². The summed E-state index contributed by atoms with van der Waals surface area (Å²) < 4.78 is 4.90. The lowest BCUT2D eigenvalue weighted by Gasteiger charge is -2.06. The van der Waals surface area contributed by atoms with Crippen LogP contribution in [0.1, 0.15) is 16.8 Å². The van der Waals surface area contributed by atoms with Crippen LogP contribution in [-0.2, 0) is 4.74 Å². The Morgan fingerprint density at radius 2 is 1.95 bits per heavy atom. The Kier molecular flexibility index (Phi) is 5.75. The molecule has 0 aliphatic heterocycles. The van der Waals surface area contributed by atoms with Crippen molar-refractivity contribution in [1.82, 2.24) is 10.3 Å². The second-order valence-corrected chi connectivity index (χ2v) is 5.16. The van der Waals surface area contributed by atoms with Gasteiger partial charge in [-0.05, 0) is 36.2 Å². The van der Waals surface area contributed by atoms with Crippen LogP contribution in [-0.4, -0.2) is 31.2 Å². The quantitative estimate of drug-likeness (QED) is 0.803. The van der Waals surface area contributed by atoms with Gasteiger partial charge in [0.15, 0.2) is 0 Å². The monoisotopic (exact) mass is 320 g/mol. The van der Waals surface area contributed by atoms with Crippen LogP contribution >= 0.6 is 11.6 Å². The third-order valence-corrected chi connectivity index (χ3v) is 3.37. The molecule has 22 heavy (non-hydrogen) atoms. The van der Waals surface area contributed by atoms with Crippen molar-refractivity contribution in [2.24, 2.45) is 0 Å². The summed E-state index contributed by atoms with van der Waals surface area (Å²) >= 11 is 5.83. The number of hydrogen-bond acceptors (Lipinski definition) is 3. The molecule has 0 saturated carbocycles. The Labute approximate surface area is 133 Å². The molecule has 0 spiro atoms. The molecule has 0 bridgehead atoms. The van der Waals surface area contributed by atoms with Crippen molar-refractivity contribution < 1.29 is 9.53 Å². The number of rotatable bonds is 6. The molecule has 0 fully saturated rings. The highest BCUT2D eigenvalue weighted by atomic mass is 35.5. The van der Waals surface area contributed by atoms with Gasteiger partial charge in [0.05, 0.1) is 0 Å². The number of amides is 1. The first-order valence-electron chi connectivity index (χ1n) is 6.88. The molecule has 0 aliphatic rings. The summed E-state index contributed by atoms with van der Waals surface area (Å²) in [6.45, 7) is 1.02. The number of pyridine rings is 1. The highest BCUT2D eigenvalue weighted by Gasteiger charge is 2.10. The minimum absolute atomic E-state index is 0.0927. The molecule has 0 saturated heterocycles. The van der Waals surface area contributed by atoms with E-state index >= 15 is 0 Å². The third-order valence-electron chi connectivity index (χ3n) is 3.12. The fourth-order valence-electron chi connectivity index (χ4n) is 1.96. The first-order valence-corrected chi connectivity index (χ1v) is 7.26. The van der Waals surface area contributed by atoms with Crippen LogP contribution in [0, 0.1) is 0 Å². The number of carbonyl (C=O) groups is 1. The Bertz CT molecular complexity index is 695. The molecule has 2 rings (SSSR count). The molecule has 0 unspecified atom stereocenters. The second kappa shape index (κ2) is 7.77. The van der Waals surface area contributed by atoms with Crippen LogP contribution in [0.25, 0.3) is 11.3 Å². The molecule has 2 aromatic rings. The molecule has 5 nitrogen and oxygen atoms in total.